The van der Waals surface area contributed by atoms with E-state index in [2.05, 4.69) is 22.3 Å². The summed E-state index contributed by atoms with van der Waals surface area (Å²) >= 11 is 5.35. The molecule has 24 heavy (non-hydrogen) atoms. The van der Waals surface area contributed by atoms with E-state index >= 15 is 0 Å². The van der Waals surface area contributed by atoms with Crippen LogP contribution in [0.2, 0.25) is 0 Å². The third-order valence-electron chi connectivity index (χ3n) is 4.33. The number of rotatable bonds is 6. The van der Waals surface area contributed by atoms with Crippen LogP contribution in [0.3, 0.4) is 0 Å². The van der Waals surface area contributed by atoms with Gasteiger partial charge in [0.05, 0.1) is 7.11 Å². The number of ether oxygens (including phenoxy) is 2. The van der Waals surface area contributed by atoms with Gasteiger partial charge in [-0.1, -0.05) is 25.8 Å². The van der Waals surface area contributed by atoms with Crippen LogP contribution in [-0.2, 0) is 6.54 Å². The van der Waals surface area contributed by atoms with Gasteiger partial charge in [0.15, 0.2) is 16.6 Å². The zero-order valence-corrected chi connectivity index (χ0v) is 14.8. The molecule has 134 valence electrons. The molecule has 2 atom stereocenters. The SMILES string of the molecule is COc1cc(CNC(=S)N[C@@H]2CCCC[C@@H]2C)ccc1OC(F)F. The number of benzene rings is 1. The van der Waals surface area contributed by atoms with E-state index in [-0.39, 0.29) is 11.5 Å². The molecular formula is C17H24F2N2O2S. The van der Waals surface area contributed by atoms with Crippen molar-refractivity contribution >= 4 is 17.3 Å². The first-order valence-corrected chi connectivity index (χ1v) is 8.56. The molecule has 0 bridgehead atoms. The first kappa shape index (κ1) is 18.7. The molecule has 4 nitrogen and oxygen atoms in total. The molecule has 0 amide bonds. The summed E-state index contributed by atoms with van der Waals surface area (Å²) < 4.78 is 34.2. The molecule has 0 heterocycles. The van der Waals surface area contributed by atoms with Gasteiger partial charge in [0.2, 0.25) is 0 Å². The maximum Gasteiger partial charge on any atom is 0.387 e. The van der Waals surface area contributed by atoms with Crippen molar-refractivity contribution in [1.82, 2.24) is 10.6 Å². The zero-order valence-electron chi connectivity index (χ0n) is 14.0. The highest BCUT2D eigenvalue weighted by Gasteiger charge is 2.21. The third-order valence-corrected chi connectivity index (χ3v) is 4.59. The number of methoxy groups -OCH3 is 1. The quantitative estimate of drug-likeness (QED) is 0.757. The Hall–Kier alpha value is -1.63. The minimum Gasteiger partial charge on any atom is -0.493 e. The maximum absolute atomic E-state index is 12.3. The lowest BCUT2D eigenvalue weighted by atomic mass is 9.86. The lowest BCUT2D eigenvalue weighted by molar-refractivity contribution is -0.0512. The molecule has 1 saturated carbocycles. The van der Waals surface area contributed by atoms with E-state index < -0.39 is 6.61 Å². The second-order valence-corrected chi connectivity index (χ2v) is 6.47. The molecule has 1 fully saturated rings. The van der Waals surface area contributed by atoms with E-state index in [1.807, 2.05) is 0 Å². The van der Waals surface area contributed by atoms with E-state index in [0.29, 0.717) is 23.6 Å². The molecule has 1 aromatic carbocycles. The number of hydrogen-bond acceptors (Lipinski definition) is 3. The Kier molecular flexibility index (Phi) is 7.02. The van der Waals surface area contributed by atoms with Gasteiger partial charge in [0, 0.05) is 12.6 Å². The van der Waals surface area contributed by atoms with Crippen molar-refractivity contribution in [3.05, 3.63) is 23.8 Å². The third kappa shape index (κ3) is 5.47. The highest BCUT2D eigenvalue weighted by atomic mass is 32.1. The molecule has 0 radical (unpaired) electrons. The highest BCUT2D eigenvalue weighted by molar-refractivity contribution is 7.80. The molecule has 1 aliphatic carbocycles. The van der Waals surface area contributed by atoms with Crippen LogP contribution in [0.15, 0.2) is 18.2 Å². The van der Waals surface area contributed by atoms with E-state index in [1.165, 1.54) is 32.4 Å². The summed E-state index contributed by atoms with van der Waals surface area (Å²) in [6.07, 6.45) is 4.87. The van der Waals surface area contributed by atoms with Crippen LogP contribution in [0.4, 0.5) is 8.78 Å². The van der Waals surface area contributed by atoms with Gasteiger partial charge in [-0.05, 0) is 48.7 Å². The molecule has 0 aromatic heterocycles. The number of halogens is 2. The Morgan fingerprint density at radius 1 is 1.29 bits per heavy atom. The minimum atomic E-state index is -2.88. The first-order chi connectivity index (χ1) is 11.5. The first-order valence-electron chi connectivity index (χ1n) is 8.15. The maximum atomic E-state index is 12.3. The van der Waals surface area contributed by atoms with Gasteiger partial charge in [-0.15, -0.1) is 0 Å². The van der Waals surface area contributed by atoms with Crippen molar-refractivity contribution in [2.45, 2.75) is 51.8 Å². The van der Waals surface area contributed by atoms with Gasteiger partial charge in [-0.3, -0.25) is 0 Å². The summed E-state index contributed by atoms with van der Waals surface area (Å²) in [6, 6.07) is 5.26. The van der Waals surface area contributed by atoms with Gasteiger partial charge < -0.3 is 20.1 Å². The van der Waals surface area contributed by atoms with Gasteiger partial charge >= 0.3 is 6.61 Å². The number of nitrogens with one attached hydrogen (secondary N) is 2. The Balaban J connectivity index is 1.87. The summed E-state index contributed by atoms with van der Waals surface area (Å²) in [7, 11) is 1.42. The smallest absolute Gasteiger partial charge is 0.387 e. The van der Waals surface area contributed by atoms with E-state index in [9.17, 15) is 8.78 Å². The van der Waals surface area contributed by atoms with Crippen LogP contribution in [-0.4, -0.2) is 24.9 Å². The average Bonchev–Trinajstić information content (AvgIpc) is 2.55. The zero-order chi connectivity index (χ0) is 17.5. The predicted octanol–water partition coefficient (Wildman–Crippen LogP) is 3.84. The fourth-order valence-corrected chi connectivity index (χ4v) is 3.17. The van der Waals surface area contributed by atoms with Crippen molar-refractivity contribution in [3.8, 4) is 11.5 Å². The lowest BCUT2D eigenvalue weighted by Gasteiger charge is -2.30. The van der Waals surface area contributed by atoms with Crippen molar-refractivity contribution < 1.29 is 18.3 Å². The fraction of sp³-hybridized carbons (Fsp3) is 0.588. The van der Waals surface area contributed by atoms with Crippen molar-refractivity contribution in [3.63, 3.8) is 0 Å². The Morgan fingerprint density at radius 3 is 2.71 bits per heavy atom. The standard InChI is InChI=1S/C17H24F2N2O2S/c1-11-5-3-4-6-13(11)21-17(24)20-10-12-7-8-14(23-16(18)19)15(9-12)22-2/h7-9,11,13,16H,3-6,10H2,1-2H3,(H2,20,21,24)/t11-,13+/m0/s1. The molecule has 7 heteroatoms. The van der Waals surface area contributed by atoms with Gasteiger partial charge in [-0.2, -0.15) is 8.78 Å². The topological polar surface area (TPSA) is 42.5 Å². The predicted molar refractivity (Wildman–Crippen MR) is 93.6 cm³/mol. The Bertz CT molecular complexity index is 557. The second-order valence-electron chi connectivity index (χ2n) is 6.06. The number of hydrogen-bond donors (Lipinski definition) is 2. The van der Waals surface area contributed by atoms with Gasteiger partial charge in [0.1, 0.15) is 0 Å². The Labute approximate surface area is 146 Å². The highest BCUT2D eigenvalue weighted by Crippen LogP contribution is 2.29. The summed E-state index contributed by atoms with van der Waals surface area (Å²) in [6.45, 7) is -0.151. The second kappa shape index (κ2) is 9.01. The van der Waals surface area contributed by atoms with E-state index in [4.69, 9.17) is 17.0 Å². The minimum absolute atomic E-state index is 0.0213. The summed E-state index contributed by atoms with van der Waals surface area (Å²) in [4.78, 5) is 0. The fourth-order valence-electron chi connectivity index (χ4n) is 2.95. The van der Waals surface area contributed by atoms with Crippen LogP contribution in [0.5, 0.6) is 11.5 Å². The normalized spacial score (nSPS) is 20.5. The summed E-state index contributed by atoms with van der Waals surface area (Å²) in [5.41, 5.74) is 0.870. The number of thiocarbonyl (C=S) groups is 1. The van der Waals surface area contributed by atoms with Crippen LogP contribution < -0.4 is 20.1 Å². The number of alkyl halides is 2. The molecule has 2 rings (SSSR count). The molecule has 0 aliphatic heterocycles. The lowest BCUT2D eigenvalue weighted by Crippen LogP contribution is -2.45. The van der Waals surface area contributed by atoms with E-state index in [1.54, 1.807) is 12.1 Å². The van der Waals surface area contributed by atoms with Crippen LogP contribution in [0.1, 0.15) is 38.2 Å². The Morgan fingerprint density at radius 2 is 2.04 bits per heavy atom. The molecule has 0 saturated heterocycles. The molecule has 2 N–H and O–H groups in total. The van der Waals surface area contributed by atoms with Crippen molar-refractivity contribution in [2.24, 2.45) is 5.92 Å². The summed E-state index contributed by atoms with van der Waals surface area (Å²) in [5, 5.41) is 7.14. The van der Waals surface area contributed by atoms with Gasteiger partial charge in [0.25, 0.3) is 0 Å². The van der Waals surface area contributed by atoms with Gasteiger partial charge in [-0.25, -0.2) is 0 Å². The van der Waals surface area contributed by atoms with Crippen LogP contribution in [0.25, 0.3) is 0 Å². The molecule has 0 spiro atoms. The molecule has 0 unspecified atom stereocenters. The van der Waals surface area contributed by atoms with Crippen molar-refractivity contribution in [2.75, 3.05) is 7.11 Å². The van der Waals surface area contributed by atoms with Crippen LogP contribution in [0, 0.1) is 5.92 Å². The van der Waals surface area contributed by atoms with E-state index in [0.717, 1.165) is 12.0 Å². The average molecular weight is 358 g/mol. The summed E-state index contributed by atoms with van der Waals surface area (Å²) in [5.74, 6) is 0.909. The largest absolute Gasteiger partial charge is 0.493 e. The molecule has 1 aliphatic rings. The molecular weight excluding hydrogens is 334 g/mol. The van der Waals surface area contributed by atoms with Crippen molar-refractivity contribution in [1.29, 1.82) is 0 Å². The molecule has 1 aromatic rings. The van der Waals surface area contributed by atoms with Crippen LogP contribution >= 0.6 is 12.2 Å². The monoisotopic (exact) mass is 358 g/mol.